The Bertz CT molecular complexity index is 555. The number of carbonyl (C=O) groups is 2. The van der Waals surface area contributed by atoms with E-state index in [1.165, 1.54) is 11.0 Å². The smallest absolute Gasteiger partial charge is 0.329 e. The highest BCUT2D eigenvalue weighted by molar-refractivity contribution is 5.99. The third-order valence-corrected chi connectivity index (χ3v) is 4.13. The van der Waals surface area contributed by atoms with Crippen molar-refractivity contribution in [3.05, 3.63) is 29.3 Å². The number of rotatable bonds is 2. The Balaban J connectivity index is 2.40. The molecule has 20 heavy (non-hydrogen) atoms. The Kier molecular flexibility index (Phi) is 3.70. The Morgan fingerprint density at radius 2 is 2.00 bits per heavy atom. The summed E-state index contributed by atoms with van der Waals surface area (Å²) >= 11 is 0. The number of benzene rings is 1. The molecule has 1 unspecified atom stereocenters. The minimum Gasteiger partial charge on any atom is -0.508 e. The second-order valence-electron chi connectivity index (χ2n) is 5.44. The van der Waals surface area contributed by atoms with E-state index in [4.69, 9.17) is 0 Å². The molecular weight excluding hydrogens is 258 g/mol. The van der Waals surface area contributed by atoms with E-state index in [1.54, 1.807) is 26.0 Å². The lowest BCUT2D eigenvalue weighted by atomic mass is 9.87. The third-order valence-electron chi connectivity index (χ3n) is 4.13. The molecule has 0 aromatic heterocycles. The van der Waals surface area contributed by atoms with Crippen molar-refractivity contribution >= 4 is 11.9 Å². The lowest BCUT2D eigenvalue weighted by Crippen LogP contribution is -2.57. The van der Waals surface area contributed by atoms with E-state index in [1.807, 2.05) is 0 Å². The van der Waals surface area contributed by atoms with Crippen LogP contribution in [0.4, 0.5) is 0 Å². The van der Waals surface area contributed by atoms with Crippen molar-refractivity contribution in [1.29, 1.82) is 0 Å². The zero-order valence-electron chi connectivity index (χ0n) is 11.7. The molecular formula is C15H19NO4. The molecule has 2 rings (SSSR count). The van der Waals surface area contributed by atoms with Gasteiger partial charge < -0.3 is 15.1 Å². The van der Waals surface area contributed by atoms with Gasteiger partial charge in [0.1, 0.15) is 11.3 Å². The van der Waals surface area contributed by atoms with Crippen molar-refractivity contribution in [2.75, 3.05) is 6.54 Å². The first-order valence-corrected chi connectivity index (χ1v) is 6.72. The van der Waals surface area contributed by atoms with E-state index in [0.717, 1.165) is 12.8 Å². The number of aliphatic carboxylic acids is 1. The fourth-order valence-electron chi connectivity index (χ4n) is 2.67. The molecule has 0 aliphatic carbocycles. The fourth-order valence-corrected chi connectivity index (χ4v) is 2.67. The third kappa shape index (κ3) is 2.24. The molecule has 1 heterocycles. The van der Waals surface area contributed by atoms with Crippen LogP contribution in [0.25, 0.3) is 0 Å². The summed E-state index contributed by atoms with van der Waals surface area (Å²) in [6.45, 7) is 3.67. The monoisotopic (exact) mass is 277 g/mol. The van der Waals surface area contributed by atoms with E-state index >= 15 is 0 Å². The minimum absolute atomic E-state index is 0.0462. The summed E-state index contributed by atoms with van der Waals surface area (Å²) in [5, 5.41) is 19.1. The molecule has 1 aromatic rings. The zero-order valence-corrected chi connectivity index (χ0v) is 11.7. The molecule has 5 heteroatoms. The second-order valence-corrected chi connectivity index (χ2v) is 5.44. The minimum atomic E-state index is -1.17. The van der Waals surface area contributed by atoms with E-state index in [2.05, 4.69) is 0 Å². The van der Waals surface area contributed by atoms with Gasteiger partial charge >= 0.3 is 5.97 Å². The van der Waals surface area contributed by atoms with Gasteiger partial charge in [0.15, 0.2) is 0 Å². The number of aromatic hydroxyl groups is 1. The molecule has 1 aromatic carbocycles. The summed E-state index contributed by atoms with van der Waals surface area (Å²) < 4.78 is 0. The number of carboxylic acids is 1. The molecule has 1 saturated heterocycles. The predicted molar refractivity (Wildman–Crippen MR) is 73.8 cm³/mol. The second kappa shape index (κ2) is 5.15. The topological polar surface area (TPSA) is 77.8 Å². The standard InChI is InChI=1S/C15H19NO4/c1-10-11(6-5-7-12(10)17)13(18)16-9-4-3-8-15(16,2)14(19)20/h5-7,17H,3-4,8-9H2,1-2H3,(H,19,20). The average Bonchev–Trinajstić information content (AvgIpc) is 2.41. The van der Waals surface area contributed by atoms with E-state index in [9.17, 15) is 19.8 Å². The van der Waals surface area contributed by atoms with Crippen LogP contribution in [0.1, 0.15) is 42.1 Å². The molecule has 0 radical (unpaired) electrons. The number of nitrogens with zero attached hydrogens (tertiary/aromatic N) is 1. The van der Waals surface area contributed by atoms with Crippen LogP contribution in [-0.4, -0.2) is 39.1 Å². The van der Waals surface area contributed by atoms with E-state index < -0.39 is 11.5 Å². The molecule has 1 fully saturated rings. The number of amides is 1. The highest BCUT2D eigenvalue weighted by Gasteiger charge is 2.44. The lowest BCUT2D eigenvalue weighted by molar-refractivity contribution is -0.150. The van der Waals surface area contributed by atoms with Gasteiger partial charge in [-0.1, -0.05) is 6.07 Å². The quantitative estimate of drug-likeness (QED) is 0.868. The largest absolute Gasteiger partial charge is 0.508 e. The van der Waals surface area contributed by atoms with Crippen molar-refractivity contribution in [2.24, 2.45) is 0 Å². The van der Waals surface area contributed by atoms with Crippen molar-refractivity contribution < 1.29 is 19.8 Å². The van der Waals surface area contributed by atoms with Gasteiger partial charge in [-0.3, -0.25) is 4.79 Å². The molecule has 1 aliphatic heterocycles. The number of carboxylic acid groups (broad SMARTS) is 1. The Hall–Kier alpha value is -2.04. The van der Waals surface area contributed by atoms with Crippen LogP contribution in [0, 0.1) is 6.92 Å². The maximum absolute atomic E-state index is 12.6. The Labute approximate surface area is 117 Å². The highest BCUT2D eigenvalue weighted by Crippen LogP contribution is 2.31. The summed E-state index contributed by atoms with van der Waals surface area (Å²) in [5.41, 5.74) is -0.331. The molecule has 1 aliphatic rings. The van der Waals surface area contributed by atoms with Crippen molar-refractivity contribution in [2.45, 2.75) is 38.6 Å². The number of carbonyl (C=O) groups excluding carboxylic acids is 1. The molecule has 5 nitrogen and oxygen atoms in total. The van der Waals surface area contributed by atoms with Crippen LogP contribution in [0.2, 0.25) is 0 Å². The first-order valence-electron chi connectivity index (χ1n) is 6.72. The number of phenols is 1. The Morgan fingerprint density at radius 3 is 2.65 bits per heavy atom. The number of piperidine rings is 1. The van der Waals surface area contributed by atoms with Crippen LogP contribution in [-0.2, 0) is 4.79 Å². The van der Waals surface area contributed by atoms with Gasteiger partial charge in [0.2, 0.25) is 0 Å². The van der Waals surface area contributed by atoms with Crippen LogP contribution in [0.5, 0.6) is 5.75 Å². The molecule has 1 amide bonds. The summed E-state index contributed by atoms with van der Waals surface area (Å²) in [6, 6.07) is 4.73. The van der Waals surface area contributed by atoms with Gasteiger partial charge in [-0.05, 0) is 45.2 Å². The van der Waals surface area contributed by atoms with Crippen LogP contribution in [0.15, 0.2) is 18.2 Å². The SMILES string of the molecule is Cc1c(O)cccc1C(=O)N1CCCCC1(C)C(=O)O. The van der Waals surface area contributed by atoms with Crippen molar-refractivity contribution in [1.82, 2.24) is 4.90 Å². The summed E-state index contributed by atoms with van der Waals surface area (Å²) in [7, 11) is 0. The molecule has 0 saturated carbocycles. The number of likely N-dealkylation sites (tertiary alicyclic amines) is 1. The first kappa shape index (κ1) is 14.4. The van der Waals surface area contributed by atoms with Crippen molar-refractivity contribution in [3.8, 4) is 5.75 Å². The van der Waals surface area contributed by atoms with E-state index in [-0.39, 0.29) is 11.7 Å². The molecule has 0 bridgehead atoms. The Morgan fingerprint density at radius 1 is 1.30 bits per heavy atom. The lowest BCUT2D eigenvalue weighted by Gasteiger charge is -2.41. The van der Waals surface area contributed by atoms with Gasteiger partial charge in [-0.25, -0.2) is 4.79 Å². The molecule has 108 valence electrons. The van der Waals surface area contributed by atoms with Gasteiger partial charge in [-0.15, -0.1) is 0 Å². The van der Waals surface area contributed by atoms with E-state index in [0.29, 0.717) is 24.1 Å². The first-order chi connectivity index (χ1) is 9.38. The number of phenolic OH excluding ortho intramolecular Hbond substituents is 1. The van der Waals surface area contributed by atoms with Crippen LogP contribution >= 0.6 is 0 Å². The van der Waals surface area contributed by atoms with Gasteiger partial charge in [-0.2, -0.15) is 0 Å². The highest BCUT2D eigenvalue weighted by atomic mass is 16.4. The fraction of sp³-hybridized carbons (Fsp3) is 0.467. The molecule has 0 spiro atoms. The van der Waals surface area contributed by atoms with Gasteiger partial charge in [0, 0.05) is 17.7 Å². The zero-order chi connectivity index (χ0) is 14.9. The summed E-state index contributed by atoms with van der Waals surface area (Å²) in [5.74, 6) is -1.27. The normalized spacial score (nSPS) is 22.6. The molecule has 1 atom stereocenters. The van der Waals surface area contributed by atoms with Crippen molar-refractivity contribution in [3.63, 3.8) is 0 Å². The summed E-state index contributed by atoms with van der Waals surface area (Å²) in [4.78, 5) is 25.6. The predicted octanol–water partition coefficient (Wildman–Crippen LogP) is 2.17. The number of hydrogen-bond acceptors (Lipinski definition) is 3. The van der Waals surface area contributed by atoms with Gasteiger partial charge in [0.25, 0.3) is 5.91 Å². The van der Waals surface area contributed by atoms with Crippen LogP contribution in [0.3, 0.4) is 0 Å². The summed E-state index contributed by atoms with van der Waals surface area (Å²) in [6.07, 6.45) is 2.05. The van der Waals surface area contributed by atoms with Gasteiger partial charge in [0.05, 0.1) is 0 Å². The van der Waals surface area contributed by atoms with Crippen LogP contribution < -0.4 is 0 Å². The molecule has 2 N–H and O–H groups in total. The average molecular weight is 277 g/mol. The number of hydrogen-bond donors (Lipinski definition) is 2. The maximum atomic E-state index is 12.6. The maximum Gasteiger partial charge on any atom is 0.329 e.